The summed E-state index contributed by atoms with van der Waals surface area (Å²) in [5, 5.41) is 27.5. The van der Waals surface area contributed by atoms with Crippen molar-refractivity contribution < 1.29 is 44.5 Å². The summed E-state index contributed by atoms with van der Waals surface area (Å²) in [5.41, 5.74) is 5.05. The topological polar surface area (TPSA) is 202 Å². The van der Waals surface area contributed by atoms with E-state index >= 15 is 0 Å². The largest absolute Gasteiger partial charge is 0.469 e. The lowest BCUT2D eigenvalue weighted by atomic mass is 10.0. The second-order valence-corrected chi connectivity index (χ2v) is 4.29. The lowest BCUT2D eigenvalue weighted by Crippen LogP contribution is -2.50. The average molecular weight is 277 g/mol. The Kier molecular flexibility index (Phi) is 8.71. The molecule has 0 amide bonds. The molecule has 0 spiro atoms. The monoisotopic (exact) mass is 277 g/mol. The molecular formula is C6H16NO9P. The van der Waals surface area contributed by atoms with Crippen LogP contribution in [0.4, 0.5) is 0 Å². The summed E-state index contributed by atoms with van der Waals surface area (Å²) in [7, 11) is -4.77. The van der Waals surface area contributed by atoms with Gasteiger partial charge in [-0.1, -0.05) is 0 Å². The van der Waals surface area contributed by atoms with Gasteiger partial charge in [0.05, 0.1) is 12.6 Å². The van der Waals surface area contributed by atoms with E-state index < -0.39 is 38.8 Å². The third kappa shape index (κ3) is 7.49. The maximum Gasteiger partial charge on any atom is 0.469 e. The molecule has 0 bridgehead atoms. The van der Waals surface area contributed by atoms with Crippen LogP contribution >= 0.6 is 7.82 Å². The molecule has 11 heteroatoms. The molecule has 0 heterocycles. The van der Waals surface area contributed by atoms with Crippen molar-refractivity contribution in [3.05, 3.63) is 0 Å². The number of carbonyl (C=O) groups excluding carboxylic acids is 1. The molecule has 0 aromatic heterocycles. The quantitative estimate of drug-likeness (QED) is 0.197. The first-order valence-electron chi connectivity index (χ1n) is 4.14. The smallest absolute Gasteiger partial charge is 0.412 e. The van der Waals surface area contributed by atoms with Gasteiger partial charge in [-0.15, -0.1) is 0 Å². The summed E-state index contributed by atoms with van der Waals surface area (Å²) >= 11 is 0. The highest BCUT2D eigenvalue weighted by atomic mass is 31.2. The lowest BCUT2D eigenvalue weighted by Gasteiger charge is -2.24. The van der Waals surface area contributed by atoms with E-state index in [0.717, 1.165) is 0 Å². The van der Waals surface area contributed by atoms with Gasteiger partial charge in [-0.25, -0.2) is 4.57 Å². The average Bonchev–Trinajstić information content (AvgIpc) is 2.21. The van der Waals surface area contributed by atoms with E-state index in [2.05, 4.69) is 4.52 Å². The van der Waals surface area contributed by atoms with Crippen LogP contribution in [0.5, 0.6) is 0 Å². The number of nitrogens with two attached hydrogens (primary N) is 1. The molecular weight excluding hydrogens is 261 g/mol. The van der Waals surface area contributed by atoms with Crippen molar-refractivity contribution >= 4 is 14.1 Å². The molecule has 9 N–H and O–H groups in total. The van der Waals surface area contributed by atoms with Crippen molar-refractivity contribution in [3.8, 4) is 0 Å². The molecule has 4 atom stereocenters. The fourth-order valence-corrected chi connectivity index (χ4v) is 1.15. The molecule has 0 aromatic carbocycles. The van der Waals surface area contributed by atoms with E-state index in [0.29, 0.717) is 0 Å². The van der Waals surface area contributed by atoms with Crippen LogP contribution in [0.15, 0.2) is 0 Å². The summed E-state index contributed by atoms with van der Waals surface area (Å²) in [6, 6.07) is -1.42. The first-order valence-corrected chi connectivity index (χ1v) is 5.67. The normalized spacial score (nSPS) is 18.7. The van der Waals surface area contributed by atoms with Gasteiger partial charge in [0, 0.05) is 0 Å². The van der Waals surface area contributed by atoms with E-state index in [4.69, 9.17) is 20.6 Å². The number of carbonyl (C=O) groups is 1. The summed E-state index contributed by atoms with van der Waals surface area (Å²) in [6.45, 7) is -0.909. The van der Waals surface area contributed by atoms with E-state index in [9.17, 15) is 19.6 Å². The Hall–Kier alpha value is -0.420. The van der Waals surface area contributed by atoms with Gasteiger partial charge in [0.15, 0.2) is 0 Å². The summed E-state index contributed by atoms with van der Waals surface area (Å²) in [6.07, 6.45) is -5.24. The predicted octanol–water partition coefficient (Wildman–Crippen LogP) is -4.12. The third-order valence-corrected chi connectivity index (χ3v) is 2.19. The number of hydrogen-bond acceptors (Lipinski definition) is 7. The molecule has 0 aliphatic rings. The zero-order valence-corrected chi connectivity index (χ0v) is 9.47. The van der Waals surface area contributed by atoms with Crippen LogP contribution in [0.1, 0.15) is 0 Å². The molecule has 0 aliphatic carbocycles. The van der Waals surface area contributed by atoms with Crippen molar-refractivity contribution in [1.82, 2.24) is 0 Å². The fraction of sp³-hybridized carbons (Fsp3) is 0.833. The van der Waals surface area contributed by atoms with Crippen LogP contribution in [-0.4, -0.2) is 67.8 Å². The Labute approximate surface area is 96.2 Å². The molecule has 0 radical (unpaired) electrons. The number of aliphatic hydroxyl groups is 3. The molecule has 17 heavy (non-hydrogen) atoms. The molecule has 0 aromatic rings. The summed E-state index contributed by atoms with van der Waals surface area (Å²) in [5.74, 6) is 0. The van der Waals surface area contributed by atoms with E-state index in [1.165, 1.54) is 0 Å². The van der Waals surface area contributed by atoms with Crippen molar-refractivity contribution in [2.75, 3.05) is 6.61 Å². The number of phosphoric acid groups is 1. The second kappa shape index (κ2) is 7.82. The third-order valence-electron chi connectivity index (χ3n) is 1.71. The minimum absolute atomic E-state index is 0. The van der Waals surface area contributed by atoms with Crippen LogP contribution in [0.3, 0.4) is 0 Å². The van der Waals surface area contributed by atoms with E-state index in [1.807, 2.05) is 0 Å². The Balaban J connectivity index is 0. The van der Waals surface area contributed by atoms with Gasteiger partial charge < -0.3 is 41.1 Å². The SMILES string of the molecule is N[C@@H](C=O)[C@@H](O)[C@H](O)[C@H](O)COP(=O)(O)O.O. The number of aldehydes is 1. The summed E-state index contributed by atoms with van der Waals surface area (Å²) in [4.78, 5) is 26.7. The molecule has 0 aliphatic heterocycles. The molecule has 10 nitrogen and oxygen atoms in total. The Morgan fingerprint density at radius 1 is 1.24 bits per heavy atom. The van der Waals surface area contributed by atoms with Crippen LogP contribution in [0.2, 0.25) is 0 Å². The van der Waals surface area contributed by atoms with Gasteiger partial charge in [-0.2, -0.15) is 0 Å². The maximum absolute atomic E-state index is 10.3. The highest BCUT2D eigenvalue weighted by Gasteiger charge is 2.30. The molecule has 0 fully saturated rings. The van der Waals surface area contributed by atoms with Gasteiger partial charge in [0.25, 0.3) is 0 Å². The van der Waals surface area contributed by atoms with Crippen LogP contribution in [-0.2, 0) is 13.9 Å². The minimum Gasteiger partial charge on any atom is -0.412 e. The molecule has 0 saturated heterocycles. The fourth-order valence-electron chi connectivity index (χ4n) is 0.808. The van der Waals surface area contributed by atoms with Gasteiger partial charge in [0.2, 0.25) is 0 Å². The van der Waals surface area contributed by atoms with Crippen molar-refractivity contribution in [3.63, 3.8) is 0 Å². The number of phosphoric ester groups is 1. The minimum atomic E-state index is -4.77. The molecule has 0 rings (SSSR count). The number of rotatable bonds is 7. The number of hydrogen-bond donors (Lipinski definition) is 6. The van der Waals surface area contributed by atoms with Crippen LogP contribution < -0.4 is 5.73 Å². The Morgan fingerprint density at radius 3 is 2.06 bits per heavy atom. The Bertz CT molecular complexity index is 268. The van der Waals surface area contributed by atoms with Crippen molar-refractivity contribution in [1.29, 1.82) is 0 Å². The Morgan fingerprint density at radius 2 is 1.71 bits per heavy atom. The highest BCUT2D eigenvalue weighted by molar-refractivity contribution is 7.46. The van der Waals surface area contributed by atoms with Crippen molar-refractivity contribution in [2.24, 2.45) is 5.73 Å². The lowest BCUT2D eigenvalue weighted by molar-refractivity contribution is -0.118. The van der Waals surface area contributed by atoms with Crippen molar-refractivity contribution in [2.45, 2.75) is 24.4 Å². The van der Waals surface area contributed by atoms with Crippen LogP contribution in [0.25, 0.3) is 0 Å². The molecule has 104 valence electrons. The highest BCUT2D eigenvalue weighted by Crippen LogP contribution is 2.35. The zero-order valence-electron chi connectivity index (χ0n) is 8.58. The van der Waals surface area contributed by atoms with E-state index in [-0.39, 0.29) is 11.8 Å². The summed E-state index contributed by atoms with van der Waals surface area (Å²) < 4.78 is 14.1. The van der Waals surface area contributed by atoms with Gasteiger partial charge >= 0.3 is 7.82 Å². The zero-order chi connectivity index (χ0) is 12.9. The molecule has 0 unspecified atom stereocenters. The van der Waals surface area contributed by atoms with Gasteiger partial charge in [-0.3, -0.25) is 4.52 Å². The van der Waals surface area contributed by atoms with E-state index in [1.54, 1.807) is 0 Å². The first-order chi connectivity index (χ1) is 7.19. The first kappa shape index (κ1) is 18.9. The standard InChI is InChI=1S/C6H14NO8P.H2O/c7-3(1-8)5(10)6(11)4(9)2-15-16(12,13)14;/h1,3-6,9-11H,2,7H2,(H2,12,13,14);1H2/t3-,4+,5+,6+;/m0./s1. The molecule has 0 saturated carbocycles. The predicted molar refractivity (Wildman–Crippen MR) is 53.7 cm³/mol. The van der Waals surface area contributed by atoms with Gasteiger partial charge in [-0.05, 0) is 0 Å². The number of aliphatic hydroxyl groups excluding tert-OH is 3. The van der Waals surface area contributed by atoms with Gasteiger partial charge in [0.1, 0.15) is 24.6 Å². The maximum atomic E-state index is 10.3. The van der Waals surface area contributed by atoms with Crippen LogP contribution in [0, 0.1) is 0 Å². The second-order valence-electron chi connectivity index (χ2n) is 3.05.